The van der Waals surface area contributed by atoms with Gasteiger partial charge in [-0.25, -0.2) is 13.8 Å². The fourth-order valence-electron chi connectivity index (χ4n) is 4.98. The van der Waals surface area contributed by atoms with Gasteiger partial charge >= 0.3 is 0 Å². The van der Waals surface area contributed by atoms with Crippen LogP contribution in [0.1, 0.15) is 59.1 Å². The molecule has 5 nitrogen and oxygen atoms in total. The minimum Gasteiger partial charge on any atom is -0.378 e. The molecule has 1 aromatic carbocycles. The molecule has 1 aromatic heterocycles. The normalized spacial score (nSPS) is 23.0. The van der Waals surface area contributed by atoms with Gasteiger partial charge in [-0.3, -0.25) is 4.79 Å². The molecule has 2 bridgehead atoms. The monoisotopic (exact) mass is 399 g/mol. The second-order valence-electron chi connectivity index (χ2n) is 8.05. The molecule has 1 saturated heterocycles. The maximum atomic E-state index is 13.7. The fourth-order valence-corrected chi connectivity index (χ4v) is 4.98. The quantitative estimate of drug-likeness (QED) is 0.835. The molecule has 3 aliphatic carbocycles. The molecule has 4 aliphatic rings. The minimum absolute atomic E-state index is 0.0310. The SMILES string of the molecule is O=C(c1ncc(Nc2ccc(F)c(F)c2)c2c1C1CCC2CC1)N1CCOCC1. The molecule has 152 valence electrons. The molecule has 2 heterocycles. The van der Waals surface area contributed by atoms with Gasteiger partial charge in [-0.15, -0.1) is 0 Å². The Bertz CT molecular complexity index is 951. The molecular formula is C22H23F2N3O2. The van der Waals surface area contributed by atoms with Crippen molar-refractivity contribution in [2.45, 2.75) is 37.5 Å². The van der Waals surface area contributed by atoms with Crippen LogP contribution in [-0.4, -0.2) is 42.1 Å². The molecule has 2 fully saturated rings. The van der Waals surface area contributed by atoms with Crippen LogP contribution < -0.4 is 5.32 Å². The second-order valence-corrected chi connectivity index (χ2v) is 8.05. The van der Waals surface area contributed by atoms with Gasteiger partial charge in [0.1, 0.15) is 5.69 Å². The summed E-state index contributed by atoms with van der Waals surface area (Å²) in [7, 11) is 0. The molecule has 29 heavy (non-hydrogen) atoms. The molecule has 1 N–H and O–H groups in total. The summed E-state index contributed by atoms with van der Waals surface area (Å²) in [4.78, 5) is 19.6. The second kappa shape index (κ2) is 7.37. The standard InChI is InChI=1S/C22H23F2N3O2/c23-16-6-5-15(11-17(16)24)26-18-12-25-21(22(28)27-7-9-29-10-8-27)20-14-3-1-13(2-4-14)19(18)20/h5-6,11-14,26H,1-4,7-10H2. The first-order valence-electron chi connectivity index (χ1n) is 10.2. The highest BCUT2D eigenvalue weighted by molar-refractivity contribution is 5.95. The summed E-state index contributed by atoms with van der Waals surface area (Å²) in [6.07, 6.45) is 5.97. The van der Waals surface area contributed by atoms with E-state index in [-0.39, 0.29) is 5.91 Å². The van der Waals surface area contributed by atoms with Gasteiger partial charge in [0.15, 0.2) is 11.6 Å². The summed E-state index contributed by atoms with van der Waals surface area (Å²) in [6.45, 7) is 2.27. The van der Waals surface area contributed by atoms with Crippen LogP contribution in [0.15, 0.2) is 24.4 Å². The van der Waals surface area contributed by atoms with Crippen LogP contribution in [0, 0.1) is 11.6 Å². The van der Waals surface area contributed by atoms with Crippen LogP contribution in [0.4, 0.5) is 20.2 Å². The first-order chi connectivity index (χ1) is 14.1. The van der Waals surface area contributed by atoms with E-state index in [2.05, 4.69) is 10.3 Å². The Labute approximate surface area is 168 Å². The highest BCUT2D eigenvalue weighted by atomic mass is 19.2. The molecule has 2 aromatic rings. The van der Waals surface area contributed by atoms with Crippen molar-refractivity contribution in [1.29, 1.82) is 0 Å². The number of pyridine rings is 1. The number of ether oxygens (including phenoxy) is 1. The lowest BCUT2D eigenvalue weighted by Gasteiger charge is -2.40. The average molecular weight is 399 g/mol. The summed E-state index contributed by atoms with van der Waals surface area (Å²) < 4.78 is 32.3. The zero-order valence-corrected chi connectivity index (χ0v) is 16.1. The number of carbonyl (C=O) groups is 1. The third kappa shape index (κ3) is 3.27. The van der Waals surface area contributed by atoms with Crippen molar-refractivity contribution in [3.63, 3.8) is 0 Å². The van der Waals surface area contributed by atoms with Gasteiger partial charge in [0, 0.05) is 24.8 Å². The number of morpholine rings is 1. The zero-order valence-electron chi connectivity index (χ0n) is 16.1. The van der Waals surface area contributed by atoms with Crippen molar-refractivity contribution < 1.29 is 18.3 Å². The molecule has 0 radical (unpaired) electrons. The van der Waals surface area contributed by atoms with Crippen molar-refractivity contribution >= 4 is 17.3 Å². The Hall–Kier alpha value is -2.54. The Morgan fingerprint density at radius 2 is 1.72 bits per heavy atom. The third-order valence-electron chi connectivity index (χ3n) is 6.40. The van der Waals surface area contributed by atoms with Crippen molar-refractivity contribution in [2.75, 3.05) is 31.6 Å². The van der Waals surface area contributed by atoms with E-state index in [9.17, 15) is 13.6 Å². The van der Waals surface area contributed by atoms with Gasteiger partial charge in [-0.2, -0.15) is 0 Å². The topological polar surface area (TPSA) is 54.5 Å². The highest BCUT2D eigenvalue weighted by Gasteiger charge is 2.39. The number of fused-ring (bicyclic) bond motifs is 2. The van der Waals surface area contributed by atoms with Gasteiger partial charge in [0.25, 0.3) is 5.91 Å². The van der Waals surface area contributed by atoms with E-state index in [1.54, 1.807) is 6.20 Å². The van der Waals surface area contributed by atoms with Crippen molar-refractivity contribution in [1.82, 2.24) is 9.88 Å². The van der Waals surface area contributed by atoms with Gasteiger partial charge in [0.05, 0.1) is 25.1 Å². The van der Waals surface area contributed by atoms with Crippen LogP contribution in [0.5, 0.6) is 0 Å². The van der Waals surface area contributed by atoms with E-state index in [0.29, 0.717) is 49.5 Å². The Kier molecular flexibility index (Phi) is 4.70. The largest absolute Gasteiger partial charge is 0.378 e. The molecule has 1 amide bonds. The van der Waals surface area contributed by atoms with Gasteiger partial charge in [-0.05, 0) is 60.8 Å². The Morgan fingerprint density at radius 1 is 1.03 bits per heavy atom. The molecule has 6 rings (SSSR count). The van der Waals surface area contributed by atoms with E-state index in [4.69, 9.17) is 4.74 Å². The van der Waals surface area contributed by atoms with Crippen LogP contribution in [0.3, 0.4) is 0 Å². The molecule has 0 unspecified atom stereocenters. The van der Waals surface area contributed by atoms with Crippen molar-refractivity contribution in [2.24, 2.45) is 0 Å². The van der Waals surface area contributed by atoms with Crippen LogP contribution in [0.25, 0.3) is 0 Å². The number of anilines is 2. The number of hydrogen-bond donors (Lipinski definition) is 1. The Balaban J connectivity index is 1.55. The van der Waals surface area contributed by atoms with E-state index in [0.717, 1.165) is 54.6 Å². The lowest BCUT2D eigenvalue weighted by atomic mass is 9.66. The summed E-state index contributed by atoms with van der Waals surface area (Å²) in [5.41, 5.74) is 3.99. The molecule has 1 aliphatic heterocycles. The first-order valence-corrected chi connectivity index (χ1v) is 10.2. The minimum atomic E-state index is -0.891. The average Bonchev–Trinajstić information content (AvgIpc) is 2.77. The third-order valence-corrected chi connectivity index (χ3v) is 6.40. The van der Waals surface area contributed by atoms with E-state index >= 15 is 0 Å². The molecule has 0 atom stereocenters. The number of benzene rings is 1. The summed E-state index contributed by atoms with van der Waals surface area (Å²) in [5, 5.41) is 3.22. The van der Waals surface area contributed by atoms with Gasteiger partial charge < -0.3 is 15.0 Å². The number of rotatable bonds is 3. The van der Waals surface area contributed by atoms with Gasteiger partial charge in [-0.1, -0.05) is 0 Å². The summed E-state index contributed by atoms with van der Waals surface area (Å²) in [5.74, 6) is -1.11. The number of aromatic nitrogens is 1. The number of carbonyl (C=O) groups excluding carboxylic acids is 1. The lowest BCUT2D eigenvalue weighted by Crippen LogP contribution is -2.42. The van der Waals surface area contributed by atoms with Gasteiger partial charge in [0.2, 0.25) is 0 Å². The number of halogens is 2. The van der Waals surface area contributed by atoms with Crippen LogP contribution >= 0.6 is 0 Å². The number of nitrogens with one attached hydrogen (secondary N) is 1. The van der Waals surface area contributed by atoms with E-state index in [1.807, 2.05) is 4.90 Å². The number of nitrogens with zero attached hydrogens (tertiary/aromatic N) is 2. The van der Waals surface area contributed by atoms with Crippen molar-refractivity contribution in [3.05, 3.63) is 52.9 Å². The van der Waals surface area contributed by atoms with Crippen LogP contribution in [0.2, 0.25) is 0 Å². The predicted molar refractivity (Wildman–Crippen MR) is 105 cm³/mol. The van der Waals surface area contributed by atoms with E-state index < -0.39 is 11.6 Å². The Morgan fingerprint density at radius 3 is 2.41 bits per heavy atom. The molecule has 0 spiro atoms. The maximum absolute atomic E-state index is 13.7. The fraction of sp³-hybridized carbons (Fsp3) is 0.455. The van der Waals surface area contributed by atoms with E-state index in [1.165, 1.54) is 6.07 Å². The molecule has 1 saturated carbocycles. The van der Waals surface area contributed by atoms with Crippen molar-refractivity contribution in [3.8, 4) is 0 Å². The zero-order chi connectivity index (χ0) is 20.0. The molecular weight excluding hydrogens is 376 g/mol. The summed E-state index contributed by atoms with van der Waals surface area (Å²) in [6, 6.07) is 3.77. The summed E-state index contributed by atoms with van der Waals surface area (Å²) >= 11 is 0. The first kappa shape index (κ1) is 18.5. The maximum Gasteiger partial charge on any atom is 0.272 e. The van der Waals surface area contributed by atoms with Crippen LogP contribution in [-0.2, 0) is 4.74 Å². The number of hydrogen-bond acceptors (Lipinski definition) is 4. The number of amides is 1. The lowest BCUT2D eigenvalue weighted by molar-refractivity contribution is 0.0297. The highest BCUT2D eigenvalue weighted by Crippen LogP contribution is 2.53. The smallest absolute Gasteiger partial charge is 0.272 e. The molecule has 7 heteroatoms. The predicted octanol–water partition coefficient (Wildman–Crippen LogP) is 4.33.